The Morgan fingerprint density at radius 2 is 1.83 bits per heavy atom. The number of aromatic nitrogens is 4. The first kappa shape index (κ1) is 24.0. The summed E-state index contributed by atoms with van der Waals surface area (Å²) in [6.45, 7) is 0. The number of amides is 1. The Kier molecular flexibility index (Phi) is 6.37. The van der Waals surface area contributed by atoms with Gasteiger partial charge in [0.05, 0.1) is 22.5 Å². The smallest absolute Gasteiger partial charge is 0.307 e. The summed E-state index contributed by atoms with van der Waals surface area (Å²) in [4.78, 5) is 20.4. The van der Waals surface area contributed by atoms with Crippen LogP contribution in [0.25, 0.3) is 16.9 Å². The quantitative estimate of drug-likeness (QED) is 0.417. The summed E-state index contributed by atoms with van der Waals surface area (Å²) < 4.78 is 67.7. The molecule has 1 amide bonds. The molecule has 0 aliphatic rings. The second-order valence-corrected chi connectivity index (χ2v) is 9.04. The first-order chi connectivity index (χ1) is 16.6. The Bertz CT molecular complexity index is 1470. The highest BCUT2D eigenvalue weighted by molar-refractivity contribution is 7.89. The number of pyridine rings is 2. The molecular weight excluding hydrogens is 485 g/mol. The standard InChI is InChI=1S/C22H17F3N6O3S/c1-26-35(33,34)17-6-2-4-14(10-17)21(32)29-20-8-7-16(13-28-20)31-19(22(23,24)25)11-18(30-31)15-5-3-9-27-12-15/h2-13,26H,1H3,(H,28,29,32). The predicted molar refractivity (Wildman–Crippen MR) is 120 cm³/mol. The molecule has 0 saturated carbocycles. The summed E-state index contributed by atoms with van der Waals surface area (Å²) in [5.41, 5.74) is -0.430. The van der Waals surface area contributed by atoms with Crippen molar-refractivity contribution in [3.05, 3.63) is 84.4 Å². The molecule has 0 radical (unpaired) electrons. The van der Waals surface area contributed by atoms with Gasteiger partial charge in [-0.3, -0.25) is 9.78 Å². The zero-order valence-electron chi connectivity index (χ0n) is 18.0. The molecule has 0 atom stereocenters. The van der Waals surface area contributed by atoms with Gasteiger partial charge in [-0.15, -0.1) is 0 Å². The molecule has 4 aromatic rings. The van der Waals surface area contributed by atoms with Crippen LogP contribution >= 0.6 is 0 Å². The van der Waals surface area contributed by atoms with Crippen molar-refractivity contribution in [3.63, 3.8) is 0 Å². The highest BCUT2D eigenvalue weighted by Gasteiger charge is 2.36. The van der Waals surface area contributed by atoms with Crippen LogP contribution in [0.5, 0.6) is 0 Å². The zero-order valence-corrected chi connectivity index (χ0v) is 18.8. The zero-order chi connectivity index (χ0) is 25.2. The summed E-state index contributed by atoms with van der Waals surface area (Å²) in [6.07, 6.45) is -0.649. The number of halogens is 3. The molecule has 0 fully saturated rings. The van der Waals surface area contributed by atoms with E-state index in [0.29, 0.717) is 10.2 Å². The monoisotopic (exact) mass is 502 g/mol. The minimum atomic E-state index is -4.68. The first-order valence-corrected chi connectivity index (χ1v) is 11.5. The molecule has 0 bridgehead atoms. The number of sulfonamides is 1. The molecule has 4 rings (SSSR count). The van der Waals surface area contributed by atoms with E-state index in [2.05, 4.69) is 25.1 Å². The van der Waals surface area contributed by atoms with Gasteiger partial charge in [0, 0.05) is 23.5 Å². The van der Waals surface area contributed by atoms with Gasteiger partial charge in [-0.1, -0.05) is 6.07 Å². The van der Waals surface area contributed by atoms with E-state index in [1.807, 2.05) is 0 Å². The molecule has 2 N–H and O–H groups in total. The third-order valence-corrected chi connectivity index (χ3v) is 6.28. The van der Waals surface area contributed by atoms with Crippen molar-refractivity contribution in [2.45, 2.75) is 11.1 Å². The molecule has 1 aromatic carbocycles. The lowest BCUT2D eigenvalue weighted by molar-refractivity contribution is -0.142. The minimum Gasteiger partial charge on any atom is -0.307 e. The average Bonchev–Trinajstić information content (AvgIpc) is 3.31. The van der Waals surface area contributed by atoms with Gasteiger partial charge in [-0.25, -0.2) is 22.8 Å². The Labute approximate surface area is 197 Å². The number of alkyl halides is 3. The van der Waals surface area contributed by atoms with Crippen molar-refractivity contribution in [1.29, 1.82) is 0 Å². The van der Waals surface area contributed by atoms with Gasteiger partial charge in [-0.05, 0) is 55.6 Å². The fourth-order valence-corrected chi connectivity index (χ4v) is 3.91. The topological polar surface area (TPSA) is 119 Å². The number of hydrogen-bond acceptors (Lipinski definition) is 6. The normalized spacial score (nSPS) is 11.9. The summed E-state index contributed by atoms with van der Waals surface area (Å²) in [7, 11) is -2.50. The lowest BCUT2D eigenvalue weighted by Crippen LogP contribution is -2.20. The number of carbonyl (C=O) groups excluding carboxylic acids is 1. The molecule has 0 unspecified atom stereocenters. The van der Waals surface area contributed by atoms with Gasteiger partial charge in [-0.2, -0.15) is 18.3 Å². The van der Waals surface area contributed by atoms with E-state index in [9.17, 15) is 26.4 Å². The van der Waals surface area contributed by atoms with E-state index < -0.39 is 27.8 Å². The van der Waals surface area contributed by atoms with Crippen LogP contribution in [0.2, 0.25) is 0 Å². The van der Waals surface area contributed by atoms with E-state index in [-0.39, 0.29) is 27.7 Å². The Morgan fingerprint density at radius 1 is 1.03 bits per heavy atom. The molecule has 0 spiro atoms. The van der Waals surface area contributed by atoms with E-state index in [1.54, 1.807) is 12.1 Å². The molecule has 9 nitrogen and oxygen atoms in total. The van der Waals surface area contributed by atoms with Crippen molar-refractivity contribution in [3.8, 4) is 16.9 Å². The Hall–Kier alpha value is -4.10. The largest absolute Gasteiger partial charge is 0.433 e. The number of carbonyl (C=O) groups is 1. The molecule has 180 valence electrons. The summed E-state index contributed by atoms with van der Waals surface area (Å²) in [5.74, 6) is -0.596. The summed E-state index contributed by atoms with van der Waals surface area (Å²) >= 11 is 0. The van der Waals surface area contributed by atoms with E-state index in [1.165, 1.54) is 55.8 Å². The number of benzene rings is 1. The van der Waals surface area contributed by atoms with Crippen LogP contribution in [0.15, 0.2) is 78.1 Å². The average molecular weight is 502 g/mol. The van der Waals surface area contributed by atoms with Gasteiger partial charge < -0.3 is 5.32 Å². The maximum atomic E-state index is 13.6. The minimum absolute atomic E-state index is 0.0209. The molecule has 0 aliphatic carbocycles. The van der Waals surface area contributed by atoms with E-state index in [4.69, 9.17) is 0 Å². The molecule has 3 heterocycles. The number of nitrogens with zero attached hydrogens (tertiary/aromatic N) is 4. The van der Waals surface area contributed by atoms with Gasteiger partial charge in [0.1, 0.15) is 11.5 Å². The third kappa shape index (κ3) is 5.20. The van der Waals surface area contributed by atoms with Crippen LogP contribution < -0.4 is 10.0 Å². The highest BCUT2D eigenvalue weighted by atomic mass is 32.2. The van der Waals surface area contributed by atoms with Crippen molar-refractivity contribution in [2.24, 2.45) is 0 Å². The molecular formula is C22H17F3N6O3S. The molecule has 35 heavy (non-hydrogen) atoms. The van der Waals surface area contributed by atoms with Gasteiger partial charge in [0.25, 0.3) is 5.91 Å². The van der Waals surface area contributed by atoms with E-state index >= 15 is 0 Å². The third-order valence-electron chi connectivity index (χ3n) is 4.87. The number of rotatable bonds is 6. The van der Waals surface area contributed by atoms with Gasteiger partial charge in [0.15, 0.2) is 0 Å². The predicted octanol–water partition coefficient (Wildman–Crippen LogP) is 3.51. The Morgan fingerprint density at radius 3 is 2.46 bits per heavy atom. The number of hydrogen-bond donors (Lipinski definition) is 2. The van der Waals surface area contributed by atoms with Crippen LogP contribution in [0.1, 0.15) is 16.1 Å². The SMILES string of the molecule is CNS(=O)(=O)c1cccc(C(=O)Nc2ccc(-n3nc(-c4cccnc4)cc3C(F)(F)F)cn2)c1. The van der Waals surface area contributed by atoms with Crippen LogP contribution in [-0.4, -0.2) is 41.1 Å². The van der Waals surface area contributed by atoms with Crippen LogP contribution in [0, 0.1) is 0 Å². The van der Waals surface area contributed by atoms with Crippen molar-refractivity contribution >= 4 is 21.7 Å². The molecule has 13 heteroatoms. The van der Waals surface area contributed by atoms with Crippen LogP contribution in [0.4, 0.5) is 19.0 Å². The maximum absolute atomic E-state index is 13.6. The van der Waals surface area contributed by atoms with Crippen molar-refractivity contribution in [1.82, 2.24) is 24.5 Å². The second-order valence-electron chi connectivity index (χ2n) is 7.16. The fourth-order valence-electron chi connectivity index (χ4n) is 3.13. The van der Waals surface area contributed by atoms with Crippen LogP contribution in [0.3, 0.4) is 0 Å². The molecule has 0 aliphatic heterocycles. The maximum Gasteiger partial charge on any atom is 0.433 e. The lowest BCUT2D eigenvalue weighted by Gasteiger charge is -2.11. The van der Waals surface area contributed by atoms with Gasteiger partial charge in [0.2, 0.25) is 10.0 Å². The second kappa shape index (κ2) is 9.27. The summed E-state index contributed by atoms with van der Waals surface area (Å²) in [5, 5.41) is 6.55. The van der Waals surface area contributed by atoms with Gasteiger partial charge >= 0.3 is 6.18 Å². The molecule has 3 aromatic heterocycles. The Balaban J connectivity index is 1.60. The van der Waals surface area contributed by atoms with Crippen molar-refractivity contribution in [2.75, 3.05) is 12.4 Å². The van der Waals surface area contributed by atoms with Crippen molar-refractivity contribution < 1.29 is 26.4 Å². The molecule has 0 saturated heterocycles. The van der Waals surface area contributed by atoms with Crippen LogP contribution in [-0.2, 0) is 16.2 Å². The number of nitrogens with one attached hydrogen (secondary N) is 2. The van der Waals surface area contributed by atoms with E-state index in [0.717, 1.165) is 12.3 Å². The fraction of sp³-hybridized carbons (Fsp3) is 0.0909. The highest BCUT2D eigenvalue weighted by Crippen LogP contribution is 2.34. The summed E-state index contributed by atoms with van der Waals surface area (Å²) in [6, 6.07) is 12.1. The first-order valence-electron chi connectivity index (χ1n) is 9.97. The number of anilines is 1. The lowest BCUT2D eigenvalue weighted by atomic mass is 10.2.